The summed E-state index contributed by atoms with van der Waals surface area (Å²) in [6.45, 7) is 11.0. The minimum Gasteiger partial charge on any atom is -0.493 e. The minimum atomic E-state index is -0.0706. The number of carbonyl (C=O) groups is 1. The van der Waals surface area contributed by atoms with Crippen molar-refractivity contribution >= 4 is 17.5 Å². The van der Waals surface area contributed by atoms with E-state index in [1.165, 1.54) is 0 Å². The summed E-state index contributed by atoms with van der Waals surface area (Å²) in [7, 11) is 3.37. The van der Waals surface area contributed by atoms with Crippen LogP contribution in [0.4, 0.5) is 0 Å². The Bertz CT molecular complexity index is 558. The molecule has 5 heteroatoms. The van der Waals surface area contributed by atoms with Crippen molar-refractivity contribution in [2.45, 2.75) is 47.1 Å². The van der Waals surface area contributed by atoms with Gasteiger partial charge in [0.05, 0.1) is 18.7 Å². The van der Waals surface area contributed by atoms with E-state index in [-0.39, 0.29) is 11.9 Å². The normalized spacial score (nSPS) is 12.4. The molecule has 0 bridgehead atoms. The lowest BCUT2D eigenvalue weighted by Crippen LogP contribution is -2.35. The standard InChI is InChI=1S/C19H30ClNO3/c1-12(2)8-14(5)21(6)19(22)15-9-16(20)18(17(10-15)23-7)24-11-13(3)4/h9-10,12-14H,8,11H2,1-7H3. The number of rotatable bonds is 8. The lowest BCUT2D eigenvalue weighted by atomic mass is 10.0. The predicted octanol–water partition coefficient (Wildman–Crippen LogP) is 4.89. The van der Waals surface area contributed by atoms with Gasteiger partial charge in [-0.3, -0.25) is 4.79 Å². The Hall–Kier alpha value is -1.42. The van der Waals surface area contributed by atoms with Crippen molar-refractivity contribution in [2.24, 2.45) is 11.8 Å². The molecule has 24 heavy (non-hydrogen) atoms. The molecule has 0 heterocycles. The van der Waals surface area contributed by atoms with Gasteiger partial charge in [0.2, 0.25) is 0 Å². The molecule has 0 aliphatic carbocycles. The number of hydrogen-bond donors (Lipinski definition) is 0. The maximum absolute atomic E-state index is 12.7. The Morgan fingerprint density at radius 3 is 2.29 bits per heavy atom. The number of amides is 1. The molecule has 1 aromatic carbocycles. The first-order valence-corrected chi connectivity index (χ1v) is 8.82. The summed E-state index contributed by atoms with van der Waals surface area (Å²) in [5, 5.41) is 0.392. The first kappa shape index (κ1) is 20.6. The van der Waals surface area contributed by atoms with E-state index in [4.69, 9.17) is 21.1 Å². The van der Waals surface area contributed by atoms with Crippen molar-refractivity contribution in [3.63, 3.8) is 0 Å². The third kappa shape index (κ3) is 5.59. The van der Waals surface area contributed by atoms with Gasteiger partial charge in [-0.15, -0.1) is 0 Å². The van der Waals surface area contributed by atoms with Gasteiger partial charge in [0.25, 0.3) is 5.91 Å². The average molecular weight is 356 g/mol. The summed E-state index contributed by atoms with van der Waals surface area (Å²) in [6, 6.07) is 3.50. The zero-order chi connectivity index (χ0) is 18.4. The van der Waals surface area contributed by atoms with Crippen LogP contribution in [-0.4, -0.2) is 37.6 Å². The first-order chi connectivity index (χ1) is 11.2. The highest BCUT2D eigenvalue weighted by Gasteiger charge is 2.22. The Labute approximate surface area is 151 Å². The van der Waals surface area contributed by atoms with Gasteiger partial charge in [-0.05, 0) is 37.3 Å². The molecule has 0 aliphatic rings. The zero-order valence-corrected chi connectivity index (χ0v) is 16.6. The van der Waals surface area contributed by atoms with Crippen LogP contribution >= 0.6 is 11.6 Å². The molecule has 0 aromatic heterocycles. The molecule has 0 spiro atoms. The van der Waals surface area contributed by atoms with Gasteiger partial charge < -0.3 is 14.4 Å². The molecule has 0 radical (unpaired) electrons. The summed E-state index contributed by atoms with van der Waals surface area (Å²) in [6.07, 6.45) is 0.947. The van der Waals surface area contributed by atoms with Crippen LogP contribution in [0.5, 0.6) is 11.5 Å². The van der Waals surface area contributed by atoms with Crippen molar-refractivity contribution in [3.05, 3.63) is 22.7 Å². The van der Waals surface area contributed by atoms with E-state index in [1.807, 2.05) is 7.05 Å². The molecular formula is C19H30ClNO3. The number of carbonyl (C=O) groups excluding carboxylic acids is 1. The Balaban J connectivity index is 3.04. The minimum absolute atomic E-state index is 0.0706. The maximum atomic E-state index is 12.7. The number of ether oxygens (including phenoxy) is 2. The van der Waals surface area contributed by atoms with E-state index in [0.717, 1.165) is 6.42 Å². The van der Waals surface area contributed by atoms with Gasteiger partial charge in [-0.2, -0.15) is 0 Å². The van der Waals surface area contributed by atoms with Crippen LogP contribution in [0.1, 0.15) is 51.4 Å². The molecule has 1 rings (SSSR count). The van der Waals surface area contributed by atoms with Crippen LogP contribution in [0.2, 0.25) is 5.02 Å². The summed E-state index contributed by atoms with van der Waals surface area (Å²) in [4.78, 5) is 14.5. The number of methoxy groups -OCH3 is 1. The fourth-order valence-electron chi connectivity index (χ4n) is 2.48. The number of benzene rings is 1. The van der Waals surface area contributed by atoms with Crippen LogP contribution in [0.3, 0.4) is 0 Å². The summed E-state index contributed by atoms with van der Waals surface area (Å²) < 4.78 is 11.1. The molecule has 0 saturated heterocycles. The Kier molecular flexibility index (Phi) is 7.88. The predicted molar refractivity (Wildman–Crippen MR) is 99.3 cm³/mol. The molecule has 0 fully saturated rings. The Morgan fingerprint density at radius 2 is 1.79 bits per heavy atom. The van der Waals surface area contributed by atoms with Crippen LogP contribution < -0.4 is 9.47 Å². The maximum Gasteiger partial charge on any atom is 0.254 e. The quantitative estimate of drug-likeness (QED) is 0.666. The zero-order valence-electron chi connectivity index (χ0n) is 15.9. The average Bonchev–Trinajstić information content (AvgIpc) is 2.50. The van der Waals surface area contributed by atoms with Crippen LogP contribution in [0.25, 0.3) is 0 Å². The van der Waals surface area contributed by atoms with Gasteiger partial charge in [-0.25, -0.2) is 0 Å². The molecule has 1 aromatic rings. The van der Waals surface area contributed by atoms with Crippen LogP contribution in [0.15, 0.2) is 12.1 Å². The van der Waals surface area contributed by atoms with E-state index in [0.29, 0.717) is 40.5 Å². The molecular weight excluding hydrogens is 326 g/mol. The van der Waals surface area contributed by atoms with Gasteiger partial charge in [-0.1, -0.05) is 39.3 Å². The number of halogens is 1. The molecule has 136 valence electrons. The summed E-state index contributed by atoms with van der Waals surface area (Å²) >= 11 is 6.33. The third-order valence-electron chi connectivity index (χ3n) is 3.83. The van der Waals surface area contributed by atoms with Gasteiger partial charge in [0.15, 0.2) is 11.5 Å². The molecule has 1 unspecified atom stereocenters. The largest absolute Gasteiger partial charge is 0.493 e. The molecule has 0 N–H and O–H groups in total. The van der Waals surface area contributed by atoms with Crippen molar-refractivity contribution in [3.8, 4) is 11.5 Å². The van der Waals surface area contributed by atoms with E-state index in [2.05, 4.69) is 34.6 Å². The second-order valence-corrected chi connectivity index (χ2v) is 7.50. The van der Waals surface area contributed by atoms with Gasteiger partial charge in [0, 0.05) is 18.7 Å². The second kappa shape index (κ2) is 9.16. The number of hydrogen-bond acceptors (Lipinski definition) is 3. The van der Waals surface area contributed by atoms with Gasteiger partial charge in [0.1, 0.15) is 0 Å². The molecule has 1 atom stereocenters. The summed E-state index contributed by atoms with van der Waals surface area (Å²) in [5.41, 5.74) is 0.506. The van der Waals surface area contributed by atoms with E-state index in [1.54, 1.807) is 24.1 Å². The smallest absolute Gasteiger partial charge is 0.254 e. The molecule has 1 amide bonds. The van der Waals surface area contributed by atoms with Crippen LogP contribution in [-0.2, 0) is 0 Å². The summed E-state index contributed by atoms with van der Waals surface area (Å²) in [5.74, 6) is 1.80. The Morgan fingerprint density at radius 1 is 1.17 bits per heavy atom. The van der Waals surface area contributed by atoms with E-state index < -0.39 is 0 Å². The highest BCUT2D eigenvalue weighted by atomic mass is 35.5. The fourth-order valence-corrected chi connectivity index (χ4v) is 2.74. The lowest BCUT2D eigenvalue weighted by molar-refractivity contribution is 0.0727. The highest BCUT2D eigenvalue weighted by Crippen LogP contribution is 2.37. The SMILES string of the molecule is COc1cc(C(=O)N(C)C(C)CC(C)C)cc(Cl)c1OCC(C)C. The van der Waals surface area contributed by atoms with Crippen molar-refractivity contribution < 1.29 is 14.3 Å². The monoisotopic (exact) mass is 355 g/mol. The number of nitrogens with zero attached hydrogens (tertiary/aromatic N) is 1. The first-order valence-electron chi connectivity index (χ1n) is 8.44. The highest BCUT2D eigenvalue weighted by molar-refractivity contribution is 6.32. The second-order valence-electron chi connectivity index (χ2n) is 7.09. The molecule has 4 nitrogen and oxygen atoms in total. The van der Waals surface area contributed by atoms with E-state index >= 15 is 0 Å². The third-order valence-corrected chi connectivity index (χ3v) is 4.11. The van der Waals surface area contributed by atoms with E-state index in [9.17, 15) is 4.79 Å². The van der Waals surface area contributed by atoms with Gasteiger partial charge >= 0.3 is 0 Å². The fraction of sp³-hybridized carbons (Fsp3) is 0.632. The topological polar surface area (TPSA) is 38.8 Å². The van der Waals surface area contributed by atoms with Crippen molar-refractivity contribution in [1.82, 2.24) is 4.90 Å². The molecule has 0 saturated carbocycles. The molecule has 0 aliphatic heterocycles. The van der Waals surface area contributed by atoms with Crippen molar-refractivity contribution in [2.75, 3.05) is 20.8 Å². The van der Waals surface area contributed by atoms with Crippen molar-refractivity contribution in [1.29, 1.82) is 0 Å². The lowest BCUT2D eigenvalue weighted by Gasteiger charge is -2.27. The van der Waals surface area contributed by atoms with Crippen LogP contribution in [0, 0.1) is 11.8 Å².